The summed E-state index contributed by atoms with van der Waals surface area (Å²) in [6.07, 6.45) is 1.94. The molecule has 1 heterocycles. The van der Waals surface area contributed by atoms with Crippen molar-refractivity contribution in [2.75, 3.05) is 5.88 Å². The number of hydrogen-bond donors (Lipinski definition) is 0. The standard InChI is InChI=1S/C17H15Cl2NO/c18-9-3-4-10-20-15-6-2-1-5-13(15)17(21)14-11-12(19)7-8-16(14)20/h1-2,5-8,11H,3-4,9-10H2. The predicted octanol–water partition coefficient (Wildman–Crippen LogP) is 4.83. The van der Waals surface area contributed by atoms with Gasteiger partial charge in [-0.25, -0.2) is 0 Å². The normalized spacial score (nSPS) is 11.3. The molecule has 0 atom stereocenters. The highest BCUT2D eigenvalue weighted by atomic mass is 35.5. The Kier molecular flexibility index (Phi) is 4.18. The van der Waals surface area contributed by atoms with Crippen molar-refractivity contribution in [2.45, 2.75) is 19.4 Å². The second-order valence-electron chi connectivity index (χ2n) is 5.06. The van der Waals surface area contributed by atoms with Crippen molar-refractivity contribution in [3.8, 4) is 0 Å². The molecular formula is C17H15Cl2NO. The van der Waals surface area contributed by atoms with E-state index < -0.39 is 0 Å². The monoisotopic (exact) mass is 319 g/mol. The highest BCUT2D eigenvalue weighted by Gasteiger charge is 2.10. The van der Waals surface area contributed by atoms with Crippen LogP contribution in [0.3, 0.4) is 0 Å². The van der Waals surface area contributed by atoms with Crippen LogP contribution in [-0.4, -0.2) is 10.4 Å². The first-order valence-corrected chi connectivity index (χ1v) is 7.90. The van der Waals surface area contributed by atoms with Crippen LogP contribution < -0.4 is 5.43 Å². The largest absolute Gasteiger partial charge is 0.340 e. The van der Waals surface area contributed by atoms with Gasteiger partial charge in [-0.3, -0.25) is 4.79 Å². The van der Waals surface area contributed by atoms with Crippen LogP contribution in [0.5, 0.6) is 0 Å². The molecule has 0 unspecified atom stereocenters. The van der Waals surface area contributed by atoms with Gasteiger partial charge in [0.1, 0.15) is 0 Å². The number of rotatable bonds is 4. The number of unbranched alkanes of at least 4 members (excludes halogenated alkanes) is 1. The quantitative estimate of drug-likeness (QED) is 0.383. The summed E-state index contributed by atoms with van der Waals surface area (Å²) in [5.74, 6) is 0.655. The van der Waals surface area contributed by atoms with Gasteiger partial charge in [-0.2, -0.15) is 0 Å². The summed E-state index contributed by atoms with van der Waals surface area (Å²) >= 11 is 11.8. The number of halogens is 2. The summed E-state index contributed by atoms with van der Waals surface area (Å²) in [4.78, 5) is 12.6. The number of pyridine rings is 1. The second-order valence-corrected chi connectivity index (χ2v) is 5.87. The molecule has 108 valence electrons. The zero-order valence-corrected chi connectivity index (χ0v) is 13.0. The van der Waals surface area contributed by atoms with E-state index in [1.165, 1.54) is 0 Å². The summed E-state index contributed by atoms with van der Waals surface area (Å²) in [6, 6.07) is 13.2. The average Bonchev–Trinajstić information content (AvgIpc) is 2.51. The van der Waals surface area contributed by atoms with Crippen LogP contribution in [0.1, 0.15) is 12.8 Å². The van der Waals surface area contributed by atoms with Crippen molar-refractivity contribution in [2.24, 2.45) is 0 Å². The van der Waals surface area contributed by atoms with Gasteiger partial charge in [0.15, 0.2) is 5.43 Å². The molecule has 3 aromatic rings. The molecule has 0 radical (unpaired) electrons. The minimum absolute atomic E-state index is 0.0386. The molecule has 0 spiro atoms. The maximum atomic E-state index is 12.6. The topological polar surface area (TPSA) is 22.0 Å². The molecular weight excluding hydrogens is 305 g/mol. The average molecular weight is 320 g/mol. The molecule has 0 N–H and O–H groups in total. The second kappa shape index (κ2) is 6.08. The van der Waals surface area contributed by atoms with Gasteiger partial charge in [0.2, 0.25) is 0 Å². The molecule has 0 aliphatic carbocycles. The van der Waals surface area contributed by atoms with Crippen LogP contribution in [0, 0.1) is 0 Å². The lowest BCUT2D eigenvalue weighted by Crippen LogP contribution is -2.11. The van der Waals surface area contributed by atoms with Gasteiger partial charge < -0.3 is 4.57 Å². The van der Waals surface area contributed by atoms with Crippen molar-refractivity contribution in [3.05, 3.63) is 57.7 Å². The third kappa shape index (κ3) is 2.66. The molecule has 2 aromatic carbocycles. The van der Waals surface area contributed by atoms with E-state index in [1.807, 2.05) is 36.4 Å². The first kappa shape index (κ1) is 14.4. The number of hydrogen-bond acceptors (Lipinski definition) is 1. The Morgan fingerprint density at radius 1 is 0.952 bits per heavy atom. The van der Waals surface area contributed by atoms with Crippen LogP contribution in [0.2, 0.25) is 5.02 Å². The smallest absolute Gasteiger partial charge is 0.197 e. The Labute approximate surface area is 132 Å². The van der Waals surface area contributed by atoms with E-state index in [9.17, 15) is 4.79 Å². The Morgan fingerprint density at radius 2 is 1.71 bits per heavy atom. The van der Waals surface area contributed by atoms with E-state index in [-0.39, 0.29) is 5.43 Å². The van der Waals surface area contributed by atoms with Crippen LogP contribution in [0.4, 0.5) is 0 Å². The van der Waals surface area contributed by atoms with Crippen LogP contribution in [0.15, 0.2) is 47.3 Å². The lowest BCUT2D eigenvalue weighted by molar-refractivity contribution is 0.665. The van der Waals surface area contributed by atoms with Crippen molar-refractivity contribution in [1.29, 1.82) is 0 Å². The van der Waals surface area contributed by atoms with E-state index >= 15 is 0 Å². The summed E-state index contributed by atoms with van der Waals surface area (Å²) in [6.45, 7) is 0.839. The van der Waals surface area contributed by atoms with Crippen molar-refractivity contribution < 1.29 is 0 Å². The number of aromatic nitrogens is 1. The summed E-state index contributed by atoms with van der Waals surface area (Å²) in [5, 5.41) is 1.99. The van der Waals surface area contributed by atoms with Crippen LogP contribution in [0.25, 0.3) is 21.8 Å². The molecule has 21 heavy (non-hydrogen) atoms. The van der Waals surface area contributed by atoms with Gasteiger partial charge in [-0.1, -0.05) is 23.7 Å². The van der Waals surface area contributed by atoms with Gasteiger partial charge in [-0.05, 0) is 43.2 Å². The fraction of sp³-hybridized carbons (Fsp3) is 0.235. The van der Waals surface area contributed by atoms with E-state index in [2.05, 4.69) is 4.57 Å². The summed E-state index contributed by atoms with van der Waals surface area (Å²) in [5.41, 5.74) is 1.93. The SMILES string of the molecule is O=c1c2ccccc2n(CCCCCl)c2ccc(Cl)cc12. The lowest BCUT2D eigenvalue weighted by Gasteiger charge is -2.15. The molecule has 0 aliphatic heterocycles. The van der Waals surface area contributed by atoms with Crippen molar-refractivity contribution in [1.82, 2.24) is 4.57 Å². The molecule has 0 aliphatic rings. The summed E-state index contributed by atoms with van der Waals surface area (Å²) < 4.78 is 2.19. The van der Waals surface area contributed by atoms with Gasteiger partial charge in [0.25, 0.3) is 0 Å². The molecule has 0 fully saturated rings. The Hall–Kier alpha value is -1.51. The maximum Gasteiger partial charge on any atom is 0.197 e. The van der Waals surface area contributed by atoms with Gasteiger partial charge in [0, 0.05) is 28.2 Å². The van der Waals surface area contributed by atoms with E-state index in [0.29, 0.717) is 16.3 Å². The Morgan fingerprint density at radius 3 is 2.52 bits per heavy atom. The lowest BCUT2D eigenvalue weighted by atomic mass is 10.1. The number of alkyl halides is 1. The molecule has 0 amide bonds. The highest BCUT2D eigenvalue weighted by Crippen LogP contribution is 2.22. The Balaban J connectivity index is 2.33. The molecule has 3 rings (SSSR count). The van der Waals surface area contributed by atoms with E-state index in [4.69, 9.17) is 23.2 Å². The fourth-order valence-electron chi connectivity index (χ4n) is 2.71. The van der Waals surface area contributed by atoms with Gasteiger partial charge in [-0.15, -0.1) is 11.6 Å². The predicted molar refractivity (Wildman–Crippen MR) is 90.7 cm³/mol. The third-order valence-electron chi connectivity index (χ3n) is 3.70. The molecule has 2 nitrogen and oxygen atoms in total. The minimum atomic E-state index is 0.0386. The number of fused-ring (bicyclic) bond motifs is 2. The fourth-order valence-corrected chi connectivity index (χ4v) is 3.07. The van der Waals surface area contributed by atoms with Gasteiger partial charge in [0.05, 0.1) is 11.0 Å². The third-order valence-corrected chi connectivity index (χ3v) is 4.20. The first-order valence-electron chi connectivity index (χ1n) is 6.99. The zero-order chi connectivity index (χ0) is 14.8. The molecule has 0 saturated heterocycles. The molecule has 1 aromatic heterocycles. The molecule has 0 saturated carbocycles. The minimum Gasteiger partial charge on any atom is -0.340 e. The number of nitrogens with zero attached hydrogens (tertiary/aromatic N) is 1. The maximum absolute atomic E-state index is 12.6. The van der Waals surface area contributed by atoms with Gasteiger partial charge >= 0.3 is 0 Å². The van der Waals surface area contributed by atoms with Crippen molar-refractivity contribution >= 4 is 45.0 Å². The van der Waals surface area contributed by atoms with E-state index in [1.54, 1.807) is 6.07 Å². The molecule has 4 heteroatoms. The van der Waals surface area contributed by atoms with Crippen LogP contribution >= 0.6 is 23.2 Å². The van der Waals surface area contributed by atoms with E-state index in [0.717, 1.165) is 35.8 Å². The Bertz CT molecular complexity index is 854. The van der Waals surface area contributed by atoms with Crippen LogP contribution in [-0.2, 0) is 6.54 Å². The highest BCUT2D eigenvalue weighted by molar-refractivity contribution is 6.31. The van der Waals surface area contributed by atoms with Crippen molar-refractivity contribution in [3.63, 3.8) is 0 Å². The number of aryl methyl sites for hydroxylation is 1. The number of benzene rings is 2. The number of para-hydroxylation sites is 1. The zero-order valence-electron chi connectivity index (χ0n) is 11.5. The first-order chi connectivity index (χ1) is 10.2. The summed E-state index contributed by atoms with van der Waals surface area (Å²) in [7, 11) is 0. The molecule has 0 bridgehead atoms.